The molecule has 0 bridgehead atoms. The normalized spacial score (nSPS) is 16.1. The van der Waals surface area contributed by atoms with Crippen LogP contribution < -0.4 is 11.1 Å². The van der Waals surface area contributed by atoms with E-state index in [2.05, 4.69) is 33.0 Å². The van der Waals surface area contributed by atoms with E-state index in [0.29, 0.717) is 18.3 Å². The minimum absolute atomic E-state index is 0.195. The van der Waals surface area contributed by atoms with Crippen molar-refractivity contribution in [3.05, 3.63) is 0 Å². The Morgan fingerprint density at radius 1 is 1.17 bits per heavy atom. The SMILES string of the molecule is CCCC(CCN)CCC(=O)NC(C)C(C)CC. The second-order valence-electron chi connectivity index (χ2n) is 5.51. The fourth-order valence-electron chi connectivity index (χ4n) is 2.23. The summed E-state index contributed by atoms with van der Waals surface area (Å²) in [5.41, 5.74) is 5.60. The van der Waals surface area contributed by atoms with E-state index in [1.54, 1.807) is 0 Å². The number of rotatable bonds is 10. The number of amides is 1. The third-order valence-electron chi connectivity index (χ3n) is 3.94. The van der Waals surface area contributed by atoms with Crippen LogP contribution in [0.4, 0.5) is 0 Å². The van der Waals surface area contributed by atoms with Gasteiger partial charge in [-0.25, -0.2) is 0 Å². The summed E-state index contributed by atoms with van der Waals surface area (Å²) in [7, 11) is 0. The fourth-order valence-corrected chi connectivity index (χ4v) is 2.23. The Kier molecular flexibility index (Phi) is 10.0. The first-order chi connectivity index (χ1) is 8.54. The van der Waals surface area contributed by atoms with E-state index in [-0.39, 0.29) is 11.9 Å². The van der Waals surface area contributed by atoms with Crippen LogP contribution in [0.25, 0.3) is 0 Å². The molecule has 3 nitrogen and oxygen atoms in total. The summed E-state index contributed by atoms with van der Waals surface area (Å²) in [6, 6.07) is 0.279. The highest BCUT2D eigenvalue weighted by atomic mass is 16.1. The van der Waals surface area contributed by atoms with Gasteiger partial charge in [0, 0.05) is 12.5 Å². The third-order valence-corrected chi connectivity index (χ3v) is 3.94. The van der Waals surface area contributed by atoms with Crippen LogP contribution in [0.15, 0.2) is 0 Å². The van der Waals surface area contributed by atoms with Crippen LogP contribution in [0.5, 0.6) is 0 Å². The van der Waals surface area contributed by atoms with Crippen molar-refractivity contribution in [3.63, 3.8) is 0 Å². The predicted octanol–water partition coefficient (Wildman–Crippen LogP) is 3.08. The van der Waals surface area contributed by atoms with Gasteiger partial charge in [0.2, 0.25) is 5.91 Å². The predicted molar refractivity (Wildman–Crippen MR) is 78.4 cm³/mol. The Morgan fingerprint density at radius 3 is 2.33 bits per heavy atom. The van der Waals surface area contributed by atoms with Gasteiger partial charge in [0.1, 0.15) is 0 Å². The Bertz CT molecular complexity index is 213. The molecule has 108 valence electrons. The summed E-state index contributed by atoms with van der Waals surface area (Å²) in [6.07, 6.45) is 6.13. The van der Waals surface area contributed by atoms with E-state index in [1.807, 2.05) is 0 Å². The summed E-state index contributed by atoms with van der Waals surface area (Å²) < 4.78 is 0. The van der Waals surface area contributed by atoms with Crippen molar-refractivity contribution >= 4 is 5.91 Å². The van der Waals surface area contributed by atoms with Crippen molar-refractivity contribution in [2.75, 3.05) is 6.54 Å². The fraction of sp³-hybridized carbons (Fsp3) is 0.933. The van der Waals surface area contributed by atoms with Crippen molar-refractivity contribution in [3.8, 4) is 0 Å². The van der Waals surface area contributed by atoms with Gasteiger partial charge in [-0.15, -0.1) is 0 Å². The molecule has 3 heteroatoms. The lowest BCUT2D eigenvalue weighted by Crippen LogP contribution is -2.37. The third kappa shape index (κ3) is 7.70. The van der Waals surface area contributed by atoms with E-state index in [0.717, 1.165) is 25.8 Å². The second kappa shape index (κ2) is 10.4. The summed E-state index contributed by atoms with van der Waals surface area (Å²) >= 11 is 0. The minimum atomic E-state index is 0.195. The standard InChI is InChI=1S/C15H32N2O/c1-5-7-14(10-11-16)8-9-15(18)17-13(4)12(3)6-2/h12-14H,5-11,16H2,1-4H3,(H,17,18). The Labute approximate surface area is 113 Å². The van der Waals surface area contributed by atoms with Gasteiger partial charge >= 0.3 is 0 Å². The first-order valence-corrected chi connectivity index (χ1v) is 7.54. The number of hydrogen-bond donors (Lipinski definition) is 2. The quantitative estimate of drug-likeness (QED) is 0.631. The zero-order chi connectivity index (χ0) is 14.0. The molecular weight excluding hydrogens is 224 g/mol. The van der Waals surface area contributed by atoms with Gasteiger partial charge in [-0.2, -0.15) is 0 Å². The van der Waals surface area contributed by atoms with E-state index in [9.17, 15) is 4.79 Å². The molecule has 3 unspecified atom stereocenters. The number of nitrogens with two attached hydrogens (primary N) is 1. The van der Waals surface area contributed by atoms with Crippen molar-refractivity contribution in [2.24, 2.45) is 17.6 Å². The summed E-state index contributed by atoms with van der Waals surface area (Å²) in [5.74, 6) is 1.36. The van der Waals surface area contributed by atoms with Gasteiger partial charge < -0.3 is 11.1 Å². The zero-order valence-corrected chi connectivity index (χ0v) is 12.7. The van der Waals surface area contributed by atoms with Crippen LogP contribution in [0.1, 0.15) is 66.2 Å². The van der Waals surface area contributed by atoms with Gasteiger partial charge in [0.25, 0.3) is 0 Å². The highest BCUT2D eigenvalue weighted by Gasteiger charge is 2.14. The van der Waals surface area contributed by atoms with Crippen LogP contribution in [-0.2, 0) is 4.79 Å². The van der Waals surface area contributed by atoms with Crippen LogP contribution in [0.2, 0.25) is 0 Å². The van der Waals surface area contributed by atoms with Gasteiger partial charge in [-0.05, 0) is 38.1 Å². The van der Waals surface area contributed by atoms with Crippen LogP contribution in [0.3, 0.4) is 0 Å². The molecule has 18 heavy (non-hydrogen) atoms. The van der Waals surface area contributed by atoms with E-state index >= 15 is 0 Å². The van der Waals surface area contributed by atoms with Crippen molar-refractivity contribution in [1.82, 2.24) is 5.32 Å². The average molecular weight is 256 g/mol. The van der Waals surface area contributed by atoms with Crippen molar-refractivity contribution < 1.29 is 4.79 Å². The van der Waals surface area contributed by atoms with E-state index in [4.69, 9.17) is 5.73 Å². The molecule has 0 aliphatic heterocycles. The summed E-state index contributed by atoms with van der Waals surface area (Å²) in [4.78, 5) is 11.8. The molecule has 0 aromatic rings. The first-order valence-electron chi connectivity index (χ1n) is 7.54. The first kappa shape index (κ1) is 17.4. The van der Waals surface area contributed by atoms with E-state index in [1.165, 1.54) is 12.8 Å². The molecule has 0 aliphatic carbocycles. The largest absolute Gasteiger partial charge is 0.353 e. The molecule has 3 N–H and O–H groups in total. The second-order valence-corrected chi connectivity index (χ2v) is 5.51. The lowest BCUT2D eigenvalue weighted by atomic mass is 9.94. The summed E-state index contributed by atoms with van der Waals surface area (Å²) in [6.45, 7) is 9.35. The summed E-state index contributed by atoms with van der Waals surface area (Å²) in [5, 5.41) is 3.10. The maximum Gasteiger partial charge on any atom is 0.220 e. The molecular formula is C15H32N2O. The number of carbonyl (C=O) groups is 1. The van der Waals surface area contributed by atoms with Crippen molar-refractivity contribution in [1.29, 1.82) is 0 Å². The molecule has 0 heterocycles. The zero-order valence-electron chi connectivity index (χ0n) is 12.7. The number of carbonyl (C=O) groups excluding carboxylic acids is 1. The van der Waals surface area contributed by atoms with Crippen LogP contribution in [0, 0.1) is 11.8 Å². The molecule has 3 atom stereocenters. The number of hydrogen-bond acceptors (Lipinski definition) is 2. The smallest absolute Gasteiger partial charge is 0.220 e. The molecule has 1 amide bonds. The van der Waals surface area contributed by atoms with E-state index < -0.39 is 0 Å². The van der Waals surface area contributed by atoms with Gasteiger partial charge in [-0.1, -0.05) is 40.0 Å². The van der Waals surface area contributed by atoms with Gasteiger partial charge in [-0.3, -0.25) is 4.79 Å². The minimum Gasteiger partial charge on any atom is -0.353 e. The molecule has 0 aromatic carbocycles. The molecule has 0 radical (unpaired) electrons. The Balaban J connectivity index is 3.92. The molecule has 0 saturated heterocycles. The topological polar surface area (TPSA) is 55.1 Å². The molecule has 0 saturated carbocycles. The highest BCUT2D eigenvalue weighted by molar-refractivity contribution is 5.76. The van der Waals surface area contributed by atoms with Gasteiger partial charge in [0.05, 0.1) is 0 Å². The molecule has 0 spiro atoms. The maximum absolute atomic E-state index is 11.8. The van der Waals surface area contributed by atoms with Gasteiger partial charge in [0.15, 0.2) is 0 Å². The maximum atomic E-state index is 11.8. The van der Waals surface area contributed by atoms with Crippen LogP contribution in [-0.4, -0.2) is 18.5 Å². The monoisotopic (exact) mass is 256 g/mol. The number of nitrogens with one attached hydrogen (secondary N) is 1. The molecule has 0 fully saturated rings. The lowest BCUT2D eigenvalue weighted by molar-refractivity contribution is -0.122. The van der Waals surface area contributed by atoms with Crippen molar-refractivity contribution in [2.45, 2.75) is 72.3 Å². The van der Waals surface area contributed by atoms with Crippen LogP contribution >= 0.6 is 0 Å². The highest BCUT2D eigenvalue weighted by Crippen LogP contribution is 2.17. The molecule has 0 aliphatic rings. The Hall–Kier alpha value is -0.570. The average Bonchev–Trinajstić information content (AvgIpc) is 2.35. The molecule has 0 rings (SSSR count). The molecule has 0 aromatic heterocycles. The lowest BCUT2D eigenvalue weighted by Gasteiger charge is -2.21. The Morgan fingerprint density at radius 2 is 1.83 bits per heavy atom.